The Labute approximate surface area is 189 Å². The molecule has 0 aliphatic heterocycles. The number of anilines is 1. The Morgan fingerprint density at radius 2 is 1.94 bits per heavy atom. The van der Waals surface area contributed by atoms with Crippen LogP contribution in [0.5, 0.6) is 0 Å². The summed E-state index contributed by atoms with van der Waals surface area (Å²) in [7, 11) is 0. The number of hydrogen-bond donors (Lipinski definition) is 2. The zero-order valence-corrected chi connectivity index (χ0v) is 17.5. The van der Waals surface area contributed by atoms with Gasteiger partial charge in [-0.3, -0.25) is 4.79 Å². The number of hydrogen-bond acceptors (Lipinski definition) is 5. The third kappa shape index (κ3) is 4.31. The van der Waals surface area contributed by atoms with Crippen molar-refractivity contribution in [2.24, 2.45) is 5.92 Å². The fourth-order valence-electron chi connectivity index (χ4n) is 3.68. The molecule has 0 unspecified atom stereocenters. The molecule has 4 aromatic rings. The molecule has 33 heavy (non-hydrogen) atoms. The highest BCUT2D eigenvalue weighted by molar-refractivity contribution is 6.30. The second-order valence-corrected chi connectivity index (χ2v) is 8.05. The largest absolute Gasteiger partial charge is 0.435 e. The summed E-state index contributed by atoms with van der Waals surface area (Å²) in [6, 6.07) is 13.0. The number of aromatic nitrogens is 6. The van der Waals surface area contributed by atoms with Gasteiger partial charge in [-0.1, -0.05) is 23.7 Å². The standard InChI is InChI=1S/C21H15ClF3N7O/c22-12-3-1-11(2-4-12)14-10-15(14)20(33)26-13-5-6-17(16(9-13)19-27-30-31-28-19)32-8-7-18(29-32)21(23,24)25/h1-9,14-15H,10H2,(H,26,33)(H,27,28,30,31)/t14-,15+/m0/s1. The molecule has 1 aliphatic carbocycles. The fourth-order valence-corrected chi connectivity index (χ4v) is 3.81. The summed E-state index contributed by atoms with van der Waals surface area (Å²) in [6.45, 7) is 0. The molecule has 1 aliphatic rings. The van der Waals surface area contributed by atoms with E-state index < -0.39 is 11.9 Å². The highest BCUT2D eigenvalue weighted by atomic mass is 35.5. The number of carbonyl (C=O) groups is 1. The van der Waals surface area contributed by atoms with Crippen LogP contribution in [-0.4, -0.2) is 36.3 Å². The lowest BCUT2D eigenvalue weighted by Gasteiger charge is -2.11. The lowest BCUT2D eigenvalue weighted by molar-refractivity contribution is -0.141. The van der Waals surface area contributed by atoms with E-state index in [1.807, 2.05) is 12.1 Å². The average Bonchev–Trinajstić information content (AvgIpc) is 3.16. The molecule has 2 aromatic heterocycles. The minimum absolute atomic E-state index is 0.115. The summed E-state index contributed by atoms with van der Waals surface area (Å²) in [5.74, 6) is 0.00414. The van der Waals surface area contributed by atoms with Gasteiger partial charge in [0.2, 0.25) is 5.91 Å². The molecular formula is C21H15ClF3N7O. The van der Waals surface area contributed by atoms with Crippen molar-refractivity contribution < 1.29 is 18.0 Å². The summed E-state index contributed by atoms with van der Waals surface area (Å²) in [6.07, 6.45) is -2.65. The Morgan fingerprint density at radius 1 is 1.15 bits per heavy atom. The van der Waals surface area contributed by atoms with E-state index in [-0.39, 0.29) is 23.6 Å². The maximum Gasteiger partial charge on any atom is 0.435 e. The monoisotopic (exact) mass is 473 g/mol. The number of amides is 1. The fraction of sp³-hybridized carbons (Fsp3) is 0.190. The Hall–Kier alpha value is -3.73. The van der Waals surface area contributed by atoms with Gasteiger partial charge in [-0.15, -0.1) is 5.10 Å². The molecule has 0 radical (unpaired) electrons. The Balaban J connectivity index is 1.39. The Kier molecular flexibility index (Phi) is 5.12. The second-order valence-electron chi connectivity index (χ2n) is 7.61. The molecule has 1 saturated carbocycles. The average molecular weight is 474 g/mol. The minimum atomic E-state index is -4.57. The minimum Gasteiger partial charge on any atom is -0.326 e. The van der Waals surface area contributed by atoms with Crippen LogP contribution < -0.4 is 5.32 Å². The molecule has 8 nitrogen and oxygen atoms in total. The van der Waals surface area contributed by atoms with Crippen molar-refractivity contribution in [1.82, 2.24) is 30.4 Å². The number of benzene rings is 2. The Morgan fingerprint density at radius 3 is 2.61 bits per heavy atom. The summed E-state index contributed by atoms with van der Waals surface area (Å²) >= 11 is 5.92. The number of nitrogens with zero attached hydrogens (tertiary/aromatic N) is 5. The quantitative estimate of drug-likeness (QED) is 0.445. The summed E-state index contributed by atoms with van der Waals surface area (Å²) in [5.41, 5.74) is 1.17. The Bertz CT molecular complexity index is 1300. The summed E-state index contributed by atoms with van der Waals surface area (Å²) in [4.78, 5) is 12.8. The SMILES string of the molecule is O=C(Nc1ccc(-n2ccc(C(F)(F)F)n2)c(-c2nnn[nH]2)c1)[C@@H]1C[C@H]1c1ccc(Cl)cc1. The molecule has 1 fully saturated rings. The highest BCUT2D eigenvalue weighted by Gasteiger charge is 2.44. The number of alkyl halides is 3. The highest BCUT2D eigenvalue weighted by Crippen LogP contribution is 2.48. The first-order chi connectivity index (χ1) is 15.8. The van der Waals surface area contributed by atoms with Gasteiger partial charge in [-0.25, -0.2) is 9.78 Å². The summed E-state index contributed by atoms with van der Waals surface area (Å²) in [5, 5.41) is 20.6. The van der Waals surface area contributed by atoms with Gasteiger partial charge in [-0.2, -0.15) is 18.3 Å². The van der Waals surface area contributed by atoms with Crippen molar-refractivity contribution in [3.05, 3.63) is 71.0 Å². The molecule has 0 spiro atoms. The van der Waals surface area contributed by atoms with Crippen LogP contribution >= 0.6 is 11.6 Å². The topological polar surface area (TPSA) is 101 Å². The van der Waals surface area contributed by atoms with E-state index in [9.17, 15) is 18.0 Å². The van der Waals surface area contributed by atoms with E-state index in [2.05, 4.69) is 31.0 Å². The molecule has 2 heterocycles. The second kappa shape index (κ2) is 8.00. The molecule has 168 valence electrons. The number of aromatic amines is 1. The number of halogens is 4. The van der Waals surface area contributed by atoms with Gasteiger partial charge in [0.1, 0.15) is 0 Å². The predicted octanol–water partition coefficient (Wildman–Crippen LogP) is 4.47. The van der Waals surface area contributed by atoms with Crippen molar-refractivity contribution >= 4 is 23.2 Å². The van der Waals surface area contributed by atoms with E-state index in [0.29, 0.717) is 22.0 Å². The van der Waals surface area contributed by atoms with E-state index in [1.54, 1.807) is 30.3 Å². The van der Waals surface area contributed by atoms with Gasteiger partial charge in [0.25, 0.3) is 0 Å². The smallest absolute Gasteiger partial charge is 0.326 e. The number of rotatable bonds is 5. The van der Waals surface area contributed by atoms with Gasteiger partial charge in [0, 0.05) is 28.4 Å². The molecule has 2 aromatic carbocycles. The van der Waals surface area contributed by atoms with Crippen molar-refractivity contribution in [2.75, 3.05) is 5.32 Å². The number of carbonyl (C=O) groups excluding carboxylic acids is 1. The van der Waals surface area contributed by atoms with E-state index in [4.69, 9.17) is 11.6 Å². The first-order valence-corrected chi connectivity index (χ1v) is 10.2. The molecule has 2 N–H and O–H groups in total. The van der Waals surface area contributed by atoms with Crippen molar-refractivity contribution in [3.63, 3.8) is 0 Å². The van der Waals surface area contributed by atoms with Crippen molar-refractivity contribution in [1.29, 1.82) is 0 Å². The lowest BCUT2D eigenvalue weighted by atomic mass is 10.1. The summed E-state index contributed by atoms with van der Waals surface area (Å²) < 4.78 is 40.0. The first-order valence-electron chi connectivity index (χ1n) is 9.87. The van der Waals surface area contributed by atoms with Gasteiger partial charge < -0.3 is 5.32 Å². The van der Waals surface area contributed by atoms with Crippen LogP contribution in [0.15, 0.2) is 54.7 Å². The van der Waals surface area contributed by atoms with Crippen LogP contribution in [0.2, 0.25) is 5.02 Å². The third-order valence-electron chi connectivity index (χ3n) is 5.42. The normalized spacial score (nSPS) is 17.7. The molecule has 1 amide bonds. The number of nitrogens with one attached hydrogen (secondary N) is 2. The molecule has 5 rings (SSSR count). The third-order valence-corrected chi connectivity index (χ3v) is 5.67. The van der Waals surface area contributed by atoms with E-state index >= 15 is 0 Å². The molecule has 0 saturated heterocycles. The van der Waals surface area contributed by atoms with Crippen LogP contribution in [0.4, 0.5) is 18.9 Å². The van der Waals surface area contributed by atoms with E-state index in [1.165, 1.54) is 6.20 Å². The zero-order valence-electron chi connectivity index (χ0n) is 16.7. The van der Waals surface area contributed by atoms with Crippen LogP contribution in [0.25, 0.3) is 17.1 Å². The molecular weight excluding hydrogens is 459 g/mol. The van der Waals surface area contributed by atoms with Gasteiger partial charge in [-0.05, 0) is 64.7 Å². The number of H-pyrrole nitrogens is 1. The molecule has 0 bridgehead atoms. The number of tetrazole rings is 1. The van der Waals surface area contributed by atoms with Crippen LogP contribution in [0.1, 0.15) is 23.6 Å². The first kappa shape index (κ1) is 21.1. The van der Waals surface area contributed by atoms with Gasteiger partial charge in [0.05, 0.1) is 5.69 Å². The maximum atomic E-state index is 13.0. The maximum absolute atomic E-state index is 13.0. The van der Waals surface area contributed by atoms with Crippen molar-refractivity contribution in [3.8, 4) is 17.1 Å². The van der Waals surface area contributed by atoms with Crippen LogP contribution in [0, 0.1) is 5.92 Å². The lowest BCUT2D eigenvalue weighted by Crippen LogP contribution is -2.15. The van der Waals surface area contributed by atoms with Gasteiger partial charge in [0.15, 0.2) is 11.5 Å². The predicted molar refractivity (Wildman–Crippen MR) is 113 cm³/mol. The van der Waals surface area contributed by atoms with Gasteiger partial charge >= 0.3 is 6.18 Å². The van der Waals surface area contributed by atoms with E-state index in [0.717, 1.165) is 22.7 Å². The van der Waals surface area contributed by atoms with Crippen LogP contribution in [-0.2, 0) is 11.0 Å². The zero-order chi connectivity index (χ0) is 23.2. The van der Waals surface area contributed by atoms with Crippen molar-refractivity contribution in [2.45, 2.75) is 18.5 Å². The van der Waals surface area contributed by atoms with Crippen LogP contribution in [0.3, 0.4) is 0 Å². The molecule has 12 heteroatoms. The molecule has 2 atom stereocenters.